The highest BCUT2D eigenvalue weighted by molar-refractivity contribution is 6.31. The molecule has 1 aliphatic heterocycles. The molecule has 0 spiro atoms. The molecule has 0 saturated carbocycles. The van der Waals surface area contributed by atoms with Crippen molar-refractivity contribution in [3.63, 3.8) is 0 Å². The summed E-state index contributed by atoms with van der Waals surface area (Å²) in [4.78, 5) is 10.8. The van der Waals surface area contributed by atoms with Crippen LogP contribution in [0.3, 0.4) is 0 Å². The van der Waals surface area contributed by atoms with Gasteiger partial charge in [0.25, 0.3) is 0 Å². The average molecular weight is 375 g/mol. The number of nitrogens with one attached hydrogen (secondary N) is 2. The third-order valence-electron chi connectivity index (χ3n) is 4.07. The van der Waals surface area contributed by atoms with Gasteiger partial charge in [0, 0.05) is 18.2 Å². The van der Waals surface area contributed by atoms with Gasteiger partial charge in [-0.2, -0.15) is 0 Å². The summed E-state index contributed by atoms with van der Waals surface area (Å²) in [6, 6.07) is 4.68. The minimum absolute atomic E-state index is 0.0494. The number of halogens is 4. The first-order valence-electron chi connectivity index (χ1n) is 7.50. The molecule has 1 aromatic carbocycles. The van der Waals surface area contributed by atoms with Gasteiger partial charge in [-0.1, -0.05) is 29.3 Å². The van der Waals surface area contributed by atoms with Gasteiger partial charge in [0.15, 0.2) is 0 Å². The number of benzene rings is 1. The summed E-state index contributed by atoms with van der Waals surface area (Å²) >= 11 is 11.7. The molecule has 0 bridgehead atoms. The molecule has 2 rings (SSSR count). The van der Waals surface area contributed by atoms with Crippen LogP contribution in [0.25, 0.3) is 0 Å². The van der Waals surface area contributed by atoms with Crippen LogP contribution in [0.1, 0.15) is 24.8 Å². The zero-order chi connectivity index (χ0) is 17.7. The topological polar surface area (TPSA) is 41.1 Å². The quantitative estimate of drug-likeness (QED) is 0.577. The maximum Gasteiger partial charge on any atom is 0.211 e. The summed E-state index contributed by atoms with van der Waals surface area (Å²) in [6.07, 6.45) is 2.45. The highest BCUT2D eigenvalue weighted by atomic mass is 35.5. The van der Waals surface area contributed by atoms with Crippen molar-refractivity contribution in [2.24, 2.45) is 5.92 Å². The van der Waals surface area contributed by atoms with Crippen LogP contribution in [-0.2, 0) is 4.79 Å². The second-order valence-electron chi connectivity index (χ2n) is 5.72. The molecule has 1 aromatic rings. The SMILES string of the molecule is C/C(F)=C(Cl)\C=C(/C[C@@H]1CNC[C@@H]1c1ccc(F)c(Cl)c1)NC=O. The molecule has 24 heavy (non-hydrogen) atoms. The number of hydrogen-bond donors (Lipinski definition) is 2. The van der Waals surface area contributed by atoms with Gasteiger partial charge in [-0.25, -0.2) is 8.78 Å². The van der Waals surface area contributed by atoms with Crippen LogP contribution < -0.4 is 10.6 Å². The first-order valence-corrected chi connectivity index (χ1v) is 8.26. The number of amides is 1. The molecule has 1 amide bonds. The number of allylic oxidation sites excluding steroid dienone is 4. The number of carbonyl (C=O) groups excluding carboxylic acids is 1. The van der Waals surface area contributed by atoms with Crippen molar-refractivity contribution in [3.05, 3.63) is 57.2 Å². The lowest BCUT2D eigenvalue weighted by Crippen LogP contribution is -2.18. The molecule has 3 nitrogen and oxygen atoms in total. The predicted octanol–water partition coefficient (Wildman–Crippen LogP) is 4.24. The van der Waals surface area contributed by atoms with Crippen molar-refractivity contribution in [3.8, 4) is 0 Å². The van der Waals surface area contributed by atoms with E-state index in [0.717, 1.165) is 5.56 Å². The lowest BCUT2D eigenvalue weighted by Gasteiger charge is -2.20. The minimum Gasteiger partial charge on any atom is -0.332 e. The fourth-order valence-corrected chi connectivity index (χ4v) is 3.17. The summed E-state index contributed by atoms with van der Waals surface area (Å²) in [5.41, 5.74) is 1.45. The Hall–Kier alpha value is -1.43. The molecule has 0 aromatic heterocycles. The van der Waals surface area contributed by atoms with Crippen LogP contribution in [0.15, 0.2) is 40.8 Å². The van der Waals surface area contributed by atoms with Crippen molar-refractivity contribution in [2.45, 2.75) is 19.3 Å². The Morgan fingerprint density at radius 3 is 2.83 bits per heavy atom. The van der Waals surface area contributed by atoms with E-state index < -0.39 is 11.6 Å². The minimum atomic E-state index is -0.520. The Balaban J connectivity index is 2.21. The van der Waals surface area contributed by atoms with E-state index >= 15 is 0 Å². The monoisotopic (exact) mass is 374 g/mol. The largest absolute Gasteiger partial charge is 0.332 e. The van der Waals surface area contributed by atoms with E-state index in [1.54, 1.807) is 12.1 Å². The van der Waals surface area contributed by atoms with Crippen molar-refractivity contribution >= 4 is 29.6 Å². The van der Waals surface area contributed by atoms with Gasteiger partial charge in [-0.15, -0.1) is 0 Å². The smallest absolute Gasteiger partial charge is 0.211 e. The maximum absolute atomic E-state index is 13.4. The Bertz CT molecular complexity index is 673. The van der Waals surface area contributed by atoms with E-state index in [0.29, 0.717) is 31.6 Å². The van der Waals surface area contributed by atoms with Gasteiger partial charge in [0.1, 0.15) is 11.6 Å². The predicted molar refractivity (Wildman–Crippen MR) is 92.1 cm³/mol. The van der Waals surface area contributed by atoms with Crippen LogP contribution in [0.4, 0.5) is 8.78 Å². The molecule has 1 fully saturated rings. The summed E-state index contributed by atoms with van der Waals surface area (Å²) < 4.78 is 26.5. The Kier molecular flexibility index (Phi) is 6.78. The van der Waals surface area contributed by atoms with Crippen molar-refractivity contribution in [1.29, 1.82) is 0 Å². The van der Waals surface area contributed by atoms with Gasteiger partial charge >= 0.3 is 0 Å². The molecule has 0 aliphatic carbocycles. The van der Waals surface area contributed by atoms with Crippen LogP contribution in [-0.4, -0.2) is 19.5 Å². The summed E-state index contributed by atoms with van der Waals surface area (Å²) in [5.74, 6) is -0.737. The molecular weight excluding hydrogens is 357 g/mol. The molecule has 2 atom stereocenters. The number of carbonyl (C=O) groups is 1. The fourth-order valence-electron chi connectivity index (χ4n) is 2.85. The summed E-state index contributed by atoms with van der Waals surface area (Å²) in [7, 11) is 0. The van der Waals surface area contributed by atoms with Crippen LogP contribution in [0.5, 0.6) is 0 Å². The van der Waals surface area contributed by atoms with Gasteiger partial charge in [-0.3, -0.25) is 4.79 Å². The van der Waals surface area contributed by atoms with Gasteiger partial charge in [-0.05, 0) is 49.6 Å². The molecular formula is C17H18Cl2F2N2O. The Labute approximate surface area is 149 Å². The molecule has 0 unspecified atom stereocenters. The average Bonchev–Trinajstić information content (AvgIpc) is 2.98. The molecule has 130 valence electrons. The first-order chi connectivity index (χ1) is 11.4. The highest BCUT2D eigenvalue weighted by Gasteiger charge is 2.29. The fraction of sp³-hybridized carbons (Fsp3) is 0.353. The Morgan fingerprint density at radius 1 is 1.46 bits per heavy atom. The molecule has 1 heterocycles. The van der Waals surface area contributed by atoms with E-state index in [2.05, 4.69) is 10.6 Å². The van der Waals surface area contributed by atoms with Crippen molar-refractivity contribution < 1.29 is 13.6 Å². The molecule has 1 saturated heterocycles. The van der Waals surface area contributed by atoms with Gasteiger partial charge < -0.3 is 10.6 Å². The third-order valence-corrected chi connectivity index (χ3v) is 4.73. The van der Waals surface area contributed by atoms with E-state index in [9.17, 15) is 13.6 Å². The van der Waals surface area contributed by atoms with E-state index in [4.69, 9.17) is 23.2 Å². The second-order valence-corrected chi connectivity index (χ2v) is 6.53. The lowest BCUT2D eigenvalue weighted by molar-refractivity contribution is -0.109. The molecule has 2 N–H and O–H groups in total. The first kappa shape index (κ1) is 18.9. The zero-order valence-electron chi connectivity index (χ0n) is 13.1. The standard InChI is InChI=1S/C17H18Cl2F2N2O/c1-10(20)15(18)6-13(23-9-24)4-12-7-22-8-14(12)11-2-3-17(21)16(19)5-11/h2-3,5-6,9,12,14,22H,4,7-8H2,1H3,(H,23,24)/b13-6+,15-10-/t12-,14-/m1/s1. The highest BCUT2D eigenvalue weighted by Crippen LogP contribution is 2.34. The third kappa shape index (κ3) is 4.79. The second kappa shape index (κ2) is 8.60. The van der Waals surface area contributed by atoms with Crippen LogP contribution in [0.2, 0.25) is 5.02 Å². The molecule has 0 radical (unpaired) electrons. The van der Waals surface area contributed by atoms with E-state index in [1.165, 1.54) is 19.1 Å². The molecule has 7 heteroatoms. The molecule has 1 aliphatic rings. The Morgan fingerprint density at radius 2 is 2.21 bits per heavy atom. The van der Waals surface area contributed by atoms with Crippen molar-refractivity contribution in [1.82, 2.24) is 10.6 Å². The van der Waals surface area contributed by atoms with Crippen LogP contribution in [0, 0.1) is 11.7 Å². The number of rotatable bonds is 6. The number of hydrogen-bond acceptors (Lipinski definition) is 2. The zero-order valence-corrected chi connectivity index (χ0v) is 14.6. The van der Waals surface area contributed by atoms with Gasteiger partial charge in [0.2, 0.25) is 6.41 Å². The lowest BCUT2D eigenvalue weighted by atomic mass is 9.86. The van der Waals surface area contributed by atoms with Crippen molar-refractivity contribution in [2.75, 3.05) is 13.1 Å². The van der Waals surface area contributed by atoms with Crippen LogP contribution >= 0.6 is 23.2 Å². The summed E-state index contributed by atoms with van der Waals surface area (Å²) in [6.45, 7) is 2.68. The van der Waals surface area contributed by atoms with Gasteiger partial charge in [0.05, 0.1) is 10.1 Å². The summed E-state index contributed by atoms with van der Waals surface area (Å²) in [5, 5.41) is 5.88. The normalized spacial score (nSPS) is 22.3. The maximum atomic E-state index is 13.4. The van der Waals surface area contributed by atoms with E-state index in [-0.39, 0.29) is 21.9 Å². The van der Waals surface area contributed by atoms with E-state index in [1.807, 2.05) is 0 Å².